The van der Waals surface area contributed by atoms with Crippen molar-refractivity contribution in [1.29, 1.82) is 0 Å². The van der Waals surface area contributed by atoms with E-state index in [0.29, 0.717) is 6.10 Å². The fraction of sp³-hybridized carbons (Fsp3) is 0.938. The van der Waals surface area contributed by atoms with Gasteiger partial charge in [0.05, 0.1) is 6.10 Å². The van der Waals surface area contributed by atoms with Gasteiger partial charge in [0.2, 0.25) is 0 Å². The minimum atomic E-state index is 0.509. The molecule has 0 aromatic heterocycles. The molecule has 0 radical (unpaired) electrons. The SMILES string of the molecule is CCNC(=NCCCOC)NCCCOC1CCCCC1. The summed E-state index contributed by atoms with van der Waals surface area (Å²) >= 11 is 0. The normalized spacial score (nSPS) is 17.0. The lowest BCUT2D eigenvalue weighted by Gasteiger charge is -2.22. The first kappa shape index (κ1) is 18.2. The van der Waals surface area contributed by atoms with Gasteiger partial charge in [0.25, 0.3) is 0 Å². The number of methoxy groups -OCH3 is 1. The largest absolute Gasteiger partial charge is 0.385 e. The number of hydrogen-bond donors (Lipinski definition) is 2. The van der Waals surface area contributed by atoms with Crippen LogP contribution in [0.1, 0.15) is 51.9 Å². The first-order chi connectivity index (χ1) is 10.4. The molecule has 0 unspecified atom stereocenters. The molecular weight excluding hydrogens is 266 g/mol. The van der Waals surface area contributed by atoms with Gasteiger partial charge in [-0.1, -0.05) is 19.3 Å². The summed E-state index contributed by atoms with van der Waals surface area (Å²) in [6.07, 6.45) is 9.04. The fourth-order valence-electron chi connectivity index (χ4n) is 2.50. The van der Waals surface area contributed by atoms with E-state index in [9.17, 15) is 0 Å². The van der Waals surface area contributed by atoms with Gasteiger partial charge < -0.3 is 20.1 Å². The Bertz CT molecular complexity index is 266. The molecule has 0 spiro atoms. The van der Waals surface area contributed by atoms with Gasteiger partial charge in [-0.25, -0.2) is 0 Å². The second-order valence-corrected chi connectivity index (χ2v) is 5.52. The molecule has 0 amide bonds. The Kier molecular flexibility index (Phi) is 11.2. The molecule has 0 bridgehead atoms. The molecule has 1 aliphatic carbocycles. The summed E-state index contributed by atoms with van der Waals surface area (Å²) in [5.74, 6) is 0.895. The van der Waals surface area contributed by atoms with Crippen LogP contribution in [0.25, 0.3) is 0 Å². The Morgan fingerprint density at radius 1 is 1.10 bits per heavy atom. The Morgan fingerprint density at radius 3 is 2.62 bits per heavy atom. The van der Waals surface area contributed by atoms with Crippen LogP contribution in [0.5, 0.6) is 0 Å². The quantitative estimate of drug-likeness (QED) is 0.369. The predicted molar refractivity (Wildman–Crippen MR) is 87.9 cm³/mol. The summed E-state index contributed by atoms with van der Waals surface area (Å²) in [6.45, 7) is 6.27. The zero-order chi connectivity index (χ0) is 15.2. The van der Waals surface area contributed by atoms with Crippen molar-refractivity contribution in [3.63, 3.8) is 0 Å². The maximum Gasteiger partial charge on any atom is 0.191 e. The van der Waals surface area contributed by atoms with Crippen LogP contribution < -0.4 is 10.6 Å². The van der Waals surface area contributed by atoms with E-state index < -0.39 is 0 Å². The van der Waals surface area contributed by atoms with Crippen molar-refractivity contribution in [2.45, 2.75) is 58.0 Å². The van der Waals surface area contributed by atoms with Crippen molar-refractivity contribution in [1.82, 2.24) is 10.6 Å². The fourth-order valence-corrected chi connectivity index (χ4v) is 2.50. The van der Waals surface area contributed by atoms with E-state index in [2.05, 4.69) is 22.5 Å². The van der Waals surface area contributed by atoms with Crippen LogP contribution in [-0.2, 0) is 9.47 Å². The third-order valence-corrected chi connectivity index (χ3v) is 3.64. The Hall–Kier alpha value is -0.810. The van der Waals surface area contributed by atoms with E-state index in [1.165, 1.54) is 32.1 Å². The monoisotopic (exact) mass is 299 g/mol. The molecule has 1 saturated carbocycles. The summed E-state index contributed by atoms with van der Waals surface area (Å²) in [6, 6.07) is 0. The lowest BCUT2D eigenvalue weighted by molar-refractivity contribution is 0.0277. The number of ether oxygens (including phenoxy) is 2. The van der Waals surface area contributed by atoms with E-state index >= 15 is 0 Å². The zero-order valence-corrected chi connectivity index (χ0v) is 13.8. The maximum absolute atomic E-state index is 5.92. The standard InChI is InChI=1S/C16H33N3O2/c1-3-17-16(18-11-7-13-20-2)19-12-8-14-21-15-9-5-4-6-10-15/h15H,3-14H2,1-2H3,(H2,17,18,19). The average Bonchev–Trinajstić information content (AvgIpc) is 2.52. The van der Waals surface area contributed by atoms with Gasteiger partial charge in [0.1, 0.15) is 0 Å². The first-order valence-electron chi connectivity index (χ1n) is 8.49. The van der Waals surface area contributed by atoms with Gasteiger partial charge in [-0.2, -0.15) is 0 Å². The molecule has 124 valence electrons. The van der Waals surface area contributed by atoms with Crippen LogP contribution in [0.15, 0.2) is 4.99 Å². The highest BCUT2D eigenvalue weighted by molar-refractivity contribution is 5.79. The van der Waals surface area contributed by atoms with E-state index in [4.69, 9.17) is 9.47 Å². The van der Waals surface area contributed by atoms with Gasteiger partial charge in [0, 0.05) is 40.0 Å². The van der Waals surface area contributed by atoms with E-state index in [1.807, 2.05) is 0 Å². The van der Waals surface area contributed by atoms with E-state index in [-0.39, 0.29) is 0 Å². The van der Waals surface area contributed by atoms with Crippen molar-refractivity contribution in [3.05, 3.63) is 0 Å². The minimum absolute atomic E-state index is 0.509. The third-order valence-electron chi connectivity index (χ3n) is 3.64. The van der Waals surface area contributed by atoms with Crippen LogP contribution in [0, 0.1) is 0 Å². The summed E-state index contributed by atoms with van der Waals surface area (Å²) in [5.41, 5.74) is 0. The molecular formula is C16H33N3O2. The zero-order valence-electron chi connectivity index (χ0n) is 13.8. The number of guanidine groups is 1. The van der Waals surface area contributed by atoms with Crippen molar-refractivity contribution in [2.75, 3.05) is 40.0 Å². The molecule has 1 fully saturated rings. The number of nitrogens with one attached hydrogen (secondary N) is 2. The topological polar surface area (TPSA) is 54.9 Å². The molecule has 5 heteroatoms. The Balaban J connectivity index is 2.05. The maximum atomic E-state index is 5.92. The van der Waals surface area contributed by atoms with E-state index in [0.717, 1.165) is 51.6 Å². The molecule has 0 heterocycles. The highest BCUT2D eigenvalue weighted by Gasteiger charge is 2.12. The molecule has 5 nitrogen and oxygen atoms in total. The van der Waals surface area contributed by atoms with Gasteiger partial charge in [-0.3, -0.25) is 4.99 Å². The summed E-state index contributed by atoms with van der Waals surface area (Å²) in [7, 11) is 1.72. The number of hydrogen-bond acceptors (Lipinski definition) is 3. The van der Waals surface area contributed by atoms with Crippen molar-refractivity contribution in [2.24, 2.45) is 4.99 Å². The smallest absolute Gasteiger partial charge is 0.191 e. The van der Waals surface area contributed by atoms with Gasteiger partial charge >= 0.3 is 0 Å². The van der Waals surface area contributed by atoms with Crippen LogP contribution in [-0.4, -0.2) is 52.0 Å². The molecule has 1 aliphatic rings. The lowest BCUT2D eigenvalue weighted by Crippen LogP contribution is -2.38. The van der Waals surface area contributed by atoms with Gasteiger partial charge in [-0.05, 0) is 32.6 Å². The molecule has 0 aromatic carbocycles. The summed E-state index contributed by atoms with van der Waals surface area (Å²) < 4.78 is 10.9. The van der Waals surface area contributed by atoms with Crippen LogP contribution in [0.3, 0.4) is 0 Å². The molecule has 1 rings (SSSR count). The van der Waals surface area contributed by atoms with E-state index in [1.54, 1.807) is 7.11 Å². The van der Waals surface area contributed by atoms with Crippen LogP contribution in [0.2, 0.25) is 0 Å². The van der Waals surface area contributed by atoms with Crippen LogP contribution in [0.4, 0.5) is 0 Å². The summed E-state index contributed by atoms with van der Waals surface area (Å²) in [4.78, 5) is 4.51. The molecule has 2 N–H and O–H groups in total. The van der Waals surface area contributed by atoms with Crippen LogP contribution >= 0.6 is 0 Å². The molecule has 0 aromatic rings. The second-order valence-electron chi connectivity index (χ2n) is 5.52. The Labute approximate surface area is 129 Å². The van der Waals surface area contributed by atoms with Gasteiger partial charge in [-0.15, -0.1) is 0 Å². The number of nitrogens with zero attached hydrogens (tertiary/aromatic N) is 1. The highest BCUT2D eigenvalue weighted by Crippen LogP contribution is 2.20. The average molecular weight is 299 g/mol. The number of aliphatic imine (C=N–C) groups is 1. The molecule has 21 heavy (non-hydrogen) atoms. The lowest BCUT2D eigenvalue weighted by atomic mass is 9.98. The highest BCUT2D eigenvalue weighted by atomic mass is 16.5. The van der Waals surface area contributed by atoms with Crippen molar-refractivity contribution >= 4 is 5.96 Å². The minimum Gasteiger partial charge on any atom is -0.385 e. The molecule has 0 aliphatic heterocycles. The van der Waals surface area contributed by atoms with Crippen molar-refractivity contribution in [3.8, 4) is 0 Å². The first-order valence-corrected chi connectivity index (χ1v) is 8.49. The summed E-state index contributed by atoms with van der Waals surface area (Å²) in [5, 5.41) is 6.61. The van der Waals surface area contributed by atoms with Crippen molar-refractivity contribution < 1.29 is 9.47 Å². The van der Waals surface area contributed by atoms with Gasteiger partial charge in [0.15, 0.2) is 5.96 Å². The molecule has 0 atom stereocenters. The Morgan fingerprint density at radius 2 is 1.90 bits per heavy atom. The predicted octanol–water partition coefficient (Wildman–Crippen LogP) is 2.32. The second kappa shape index (κ2) is 12.9. The number of rotatable bonds is 10. The third kappa shape index (κ3) is 9.69. The molecule has 0 saturated heterocycles.